The summed E-state index contributed by atoms with van der Waals surface area (Å²) in [6.45, 7) is 6.73. The Kier molecular flexibility index (Phi) is 5.63. The number of nitrogens with one attached hydrogen (secondary N) is 1. The Morgan fingerprint density at radius 2 is 1.95 bits per heavy atom. The first kappa shape index (κ1) is 17.3. The fraction of sp³-hybridized carbons (Fsp3) is 0.533. The van der Waals surface area contributed by atoms with Crippen LogP contribution in [0.5, 0.6) is 0 Å². The molecule has 0 saturated carbocycles. The molecule has 6 heteroatoms. The van der Waals surface area contributed by atoms with Crippen molar-refractivity contribution in [2.45, 2.75) is 26.9 Å². The third kappa shape index (κ3) is 4.65. The lowest BCUT2D eigenvalue weighted by Crippen LogP contribution is -2.31. The zero-order chi connectivity index (χ0) is 16.2. The van der Waals surface area contributed by atoms with Crippen LogP contribution in [-0.2, 0) is 6.18 Å². The Balaban J connectivity index is 3.19. The Bertz CT molecular complexity index is 498. The van der Waals surface area contributed by atoms with E-state index in [-0.39, 0.29) is 11.5 Å². The number of rotatable bonds is 5. The molecule has 3 nitrogen and oxygen atoms in total. The summed E-state index contributed by atoms with van der Waals surface area (Å²) in [5.74, 6) is -0.168. The van der Waals surface area contributed by atoms with E-state index in [0.29, 0.717) is 18.8 Å². The summed E-state index contributed by atoms with van der Waals surface area (Å²) < 4.78 is 38.4. The SMILES string of the molecule is CCNc1ccc(C(F)(F)F)cc1C(=O)N(C)CC(C)C. The maximum absolute atomic E-state index is 12.8. The summed E-state index contributed by atoms with van der Waals surface area (Å²) in [4.78, 5) is 13.8. The van der Waals surface area contributed by atoms with Crippen molar-refractivity contribution >= 4 is 11.6 Å². The third-order valence-corrected chi connectivity index (χ3v) is 2.93. The van der Waals surface area contributed by atoms with Gasteiger partial charge in [0, 0.05) is 25.8 Å². The molecule has 1 N–H and O–H groups in total. The van der Waals surface area contributed by atoms with Crippen molar-refractivity contribution in [3.8, 4) is 0 Å². The van der Waals surface area contributed by atoms with Gasteiger partial charge >= 0.3 is 6.18 Å². The molecule has 0 aliphatic rings. The standard InChI is InChI=1S/C15H21F3N2O/c1-5-19-13-7-6-11(15(16,17)18)8-12(13)14(21)20(4)9-10(2)3/h6-8,10,19H,5,9H2,1-4H3. The number of hydrogen-bond donors (Lipinski definition) is 1. The van der Waals surface area contributed by atoms with Crippen LogP contribution in [0.2, 0.25) is 0 Å². The molecule has 0 aliphatic carbocycles. The van der Waals surface area contributed by atoms with Gasteiger partial charge in [-0.2, -0.15) is 13.2 Å². The van der Waals surface area contributed by atoms with Gasteiger partial charge in [0.1, 0.15) is 0 Å². The molecule has 0 radical (unpaired) electrons. The molecular weight excluding hydrogens is 281 g/mol. The van der Waals surface area contributed by atoms with Crippen LogP contribution in [0.1, 0.15) is 36.7 Å². The van der Waals surface area contributed by atoms with Crippen molar-refractivity contribution < 1.29 is 18.0 Å². The second-order valence-electron chi connectivity index (χ2n) is 5.37. The predicted octanol–water partition coefficient (Wildman–Crippen LogP) is 3.87. The summed E-state index contributed by atoms with van der Waals surface area (Å²) in [6, 6.07) is 3.21. The molecule has 0 unspecified atom stereocenters. The molecule has 1 aromatic rings. The smallest absolute Gasteiger partial charge is 0.385 e. The van der Waals surface area contributed by atoms with Gasteiger partial charge < -0.3 is 10.2 Å². The van der Waals surface area contributed by atoms with Crippen molar-refractivity contribution in [3.63, 3.8) is 0 Å². The summed E-state index contributed by atoms with van der Waals surface area (Å²) in [6.07, 6.45) is -4.46. The number of carbonyl (C=O) groups is 1. The maximum Gasteiger partial charge on any atom is 0.416 e. The molecule has 0 atom stereocenters. The molecule has 0 heterocycles. The first-order chi connectivity index (χ1) is 9.66. The van der Waals surface area contributed by atoms with Gasteiger partial charge in [0.15, 0.2) is 0 Å². The zero-order valence-electron chi connectivity index (χ0n) is 12.7. The zero-order valence-corrected chi connectivity index (χ0v) is 12.7. The third-order valence-electron chi connectivity index (χ3n) is 2.93. The molecule has 0 saturated heterocycles. The maximum atomic E-state index is 12.8. The monoisotopic (exact) mass is 302 g/mol. The Labute approximate surface area is 123 Å². The molecule has 118 valence electrons. The molecule has 0 aliphatic heterocycles. The Morgan fingerprint density at radius 3 is 2.43 bits per heavy atom. The number of anilines is 1. The predicted molar refractivity (Wildman–Crippen MR) is 77.4 cm³/mol. The lowest BCUT2D eigenvalue weighted by Gasteiger charge is -2.22. The van der Waals surface area contributed by atoms with Crippen LogP contribution in [0.3, 0.4) is 0 Å². The van der Waals surface area contributed by atoms with Crippen molar-refractivity contribution in [2.75, 3.05) is 25.5 Å². The molecule has 0 spiro atoms. The first-order valence-corrected chi connectivity index (χ1v) is 6.87. The van der Waals surface area contributed by atoms with E-state index >= 15 is 0 Å². The lowest BCUT2D eigenvalue weighted by atomic mass is 10.1. The minimum atomic E-state index is -4.46. The number of alkyl halides is 3. The minimum Gasteiger partial charge on any atom is -0.385 e. The number of benzene rings is 1. The highest BCUT2D eigenvalue weighted by Crippen LogP contribution is 2.32. The molecule has 1 rings (SSSR count). The van der Waals surface area contributed by atoms with Crippen molar-refractivity contribution in [3.05, 3.63) is 29.3 Å². The van der Waals surface area contributed by atoms with Crippen LogP contribution in [0.25, 0.3) is 0 Å². The molecule has 0 fully saturated rings. The van der Waals surface area contributed by atoms with E-state index in [1.807, 2.05) is 20.8 Å². The fourth-order valence-electron chi connectivity index (χ4n) is 2.08. The minimum absolute atomic E-state index is 0.0508. The van der Waals surface area contributed by atoms with Crippen LogP contribution >= 0.6 is 0 Å². The molecular formula is C15H21F3N2O. The van der Waals surface area contributed by atoms with Gasteiger partial charge in [-0.3, -0.25) is 4.79 Å². The van der Waals surface area contributed by atoms with Crippen molar-refractivity contribution in [2.24, 2.45) is 5.92 Å². The van der Waals surface area contributed by atoms with E-state index in [1.54, 1.807) is 7.05 Å². The van der Waals surface area contributed by atoms with Crippen LogP contribution in [-0.4, -0.2) is 30.9 Å². The van der Waals surface area contributed by atoms with Crippen LogP contribution in [0.4, 0.5) is 18.9 Å². The number of nitrogens with zero attached hydrogens (tertiary/aromatic N) is 1. The van der Waals surface area contributed by atoms with E-state index in [9.17, 15) is 18.0 Å². The molecule has 0 bridgehead atoms. The second kappa shape index (κ2) is 6.83. The van der Waals surface area contributed by atoms with E-state index in [0.717, 1.165) is 12.1 Å². The van der Waals surface area contributed by atoms with Crippen molar-refractivity contribution in [1.82, 2.24) is 4.90 Å². The lowest BCUT2D eigenvalue weighted by molar-refractivity contribution is -0.137. The average molecular weight is 302 g/mol. The average Bonchev–Trinajstić information content (AvgIpc) is 2.36. The number of halogens is 3. The van der Waals surface area contributed by atoms with Gasteiger partial charge in [-0.25, -0.2) is 0 Å². The van der Waals surface area contributed by atoms with Crippen molar-refractivity contribution in [1.29, 1.82) is 0 Å². The highest BCUT2D eigenvalue weighted by molar-refractivity contribution is 5.99. The number of amides is 1. The fourth-order valence-corrected chi connectivity index (χ4v) is 2.08. The highest BCUT2D eigenvalue weighted by Gasteiger charge is 2.32. The van der Waals surface area contributed by atoms with Gasteiger partial charge in [-0.1, -0.05) is 13.8 Å². The molecule has 1 amide bonds. The van der Waals surface area contributed by atoms with Gasteiger partial charge in [0.2, 0.25) is 0 Å². The largest absolute Gasteiger partial charge is 0.416 e. The molecule has 1 aromatic carbocycles. The van der Waals surface area contributed by atoms with E-state index in [4.69, 9.17) is 0 Å². The highest BCUT2D eigenvalue weighted by atomic mass is 19.4. The van der Waals surface area contributed by atoms with Gasteiger partial charge in [-0.05, 0) is 31.0 Å². The van der Waals surface area contributed by atoms with Gasteiger partial charge in [0.05, 0.1) is 11.1 Å². The van der Waals surface area contributed by atoms with E-state index in [1.165, 1.54) is 11.0 Å². The number of hydrogen-bond acceptors (Lipinski definition) is 2. The summed E-state index contributed by atoms with van der Waals surface area (Å²) in [5.41, 5.74) is -0.341. The van der Waals surface area contributed by atoms with E-state index in [2.05, 4.69) is 5.32 Å². The normalized spacial score (nSPS) is 11.6. The first-order valence-electron chi connectivity index (χ1n) is 6.87. The van der Waals surface area contributed by atoms with Gasteiger partial charge in [0.25, 0.3) is 5.91 Å². The van der Waals surface area contributed by atoms with Crippen LogP contribution in [0.15, 0.2) is 18.2 Å². The summed E-state index contributed by atoms with van der Waals surface area (Å²) in [7, 11) is 1.60. The summed E-state index contributed by atoms with van der Waals surface area (Å²) in [5, 5.41) is 2.93. The van der Waals surface area contributed by atoms with Crippen LogP contribution < -0.4 is 5.32 Å². The molecule has 21 heavy (non-hydrogen) atoms. The Morgan fingerprint density at radius 1 is 1.33 bits per heavy atom. The number of carbonyl (C=O) groups excluding carboxylic acids is 1. The Hall–Kier alpha value is -1.72. The summed E-state index contributed by atoms with van der Waals surface area (Å²) >= 11 is 0. The van der Waals surface area contributed by atoms with Crippen LogP contribution in [0, 0.1) is 5.92 Å². The topological polar surface area (TPSA) is 32.3 Å². The molecule has 0 aromatic heterocycles. The quantitative estimate of drug-likeness (QED) is 0.895. The van der Waals surface area contributed by atoms with Gasteiger partial charge in [-0.15, -0.1) is 0 Å². The second-order valence-corrected chi connectivity index (χ2v) is 5.37. The van der Waals surface area contributed by atoms with E-state index < -0.39 is 17.6 Å².